The molecule has 4 nitrogen and oxygen atoms in total. The van der Waals surface area contributed by atoms with Crippen LogP contribution in [0.4, 0.5) is 5.82 Å². The first-order chi connectivity index (χ1) is 8.20. The molecule has 1 aromatic rings. The largest absolute Gasteiger partial charge is 0.477 e. The number of nitrogens with zero attached hydrogens (tertiary/aromatic N) is 3. The number of rotatable bonds is 3. The van der Waals surface area contributed by atoms with Crippen LogP contribution in [0.2, 0.25) is 0 Å². The second kappa shape index (κ2) is 5.67. The summed E-state index contributed by atoms with van der Waals surface area (Å²) in [7, 11) is 0. The van der Waals surface area contributed by atoms with Gasteiger partial charge in [0.2, 0.25) is 5.88 Å². The van der Waals surface area contributed by atoms with E-state index in [2.05, 4.69) is 37.7 Å². The molecule has 2 rings (SSSR count). The molecule has 0 spiro atoms. The summed E-state index contributed by atoms with van der Waals surface area (Å²) >= 11 is 3.71. The number of anilines is 1. The van der Waals surface area contributed by atoms with Crippen molar-refractivity contribution >= 4 is 21.7 Å². The fourth-order valence-corrected chi connectivity index (χ4v) is 2.41. The molecule has 5 heteroatoms. The van der Waals surface area contributed by atoms with E-state index in [1.165, 1.54) is 0 Å². The average Bonchev–Trinajstić information content (AvgIpc) is 2.33. The van der Waals surface area contributed by atoms with Gasteiger partial charge < -0.3 is 9.64 Å². The fraction of sp³-hybridized carbons (Fsp3) is 0.667. The van der Waals surface area contributed by atoms with E-state index in [4.69, 9.17) is 4.74 Å². The summed E-state index contributed by atoms with van der Waals surface area (Å²) in [6, 6.07) is 0. The highest BCUT2D eigenvalue weighted by atomic mass is 79.9. The summed E-state index contributed by atoms with van der Waals surface area (Å²) in [5.41, 5.74) is 0. The van der Waals surface area contributed by atoms with Gasteiger partial charge in [0.05, 0.1) is 19.0 Å². The number of piperidine rings is 1. The second-order valence-electron chi connectivity index (χ2n) is 4.38. The van der Waals surface area contributed by atoms with Crippen LogP contribution >= 0.6 is 15.9 Å². The molecule has 2 atom stereocenters. The van der Waals surface area contributed by atoms with Gasteiger partial charge in [-0.3, -0.25) is 4.98 Å². The maximum Gasteiger partial charge on any atom is 0.234 e. The van der Waals surface area contributed by atoms with Crippen molar-refractivity contribution in [2.45, 2.75) is 25.1 Å². The fourth-order valence-electron chi connectivity index (χ4n) is 2.03. The average molecular weight is 300 g/mol. The van der Waals surface area contributed by atoms with Gasteiger partial charge in [-0.2, -0.15) is 4.98 Å². The molecule has 0 radical (unpaired) electrons. The maximum atomic E-state index is 5.38. The van der Waals surface area contributed by atoms with Crippen LogP contribution in [0.3, 0.4) is 0 Å². The lowest BCUT2D eigenvalue weighted by atomic mass is 10.0. The van der Waals surface area contributed by atoms with E-state index in [0.717, 1.165) is 25.3 Å². The third kappa shape index (κ3) is 3.09. The van der Waals surface area contributed by atoms with E-state index in [1.807, 2.05) is 13.1 Å². The molecule has 0 amide bonds. The third-order valence-electron chi connectivity index (χ3n) is 3.02. The van der Waals surface area contributed by atoms with Crippen molar-refractivity contribution in [2.75, 3.05) is 24.6 Å². The Labute approximate surface area is 111 Å². The van der Waals surface area contributed by atoms with E-state index in [9.17, 15) is 0 Å². The van der Waals surface area contributed by atoms with Crippen molar-refractivity contribution in [1.29, 1.82) is 0 Å². The van der Waals surface area contributed by atoms with Gasteiger partial charge in [0.15, 0.2) is 5.82 Å². The summed E-state index contributed by atoms with van der Waals surface area (Å²) in [5.74, 6) is 2.15. The van der Waals surface area contributed by atoms with E-state index >= 15 is 0 Å². The van der Waals surface area contributed by atoms with Gasteiger partial charge in [-0.15, -0.1) is 0 Å². The predicted molar refractivity (Wildman–Crippen MR) is 71.9 cm³/mol. The first kappa shape index (κ1) is 12.6. The molecule has 0 aromatic carbocycles. The molecular weight excluding hydrogens is 282 g/mol. The zero-order valence-electron chi connectivity index (χ0n) is 10.3. The highest BCUT2D eigenvalue weighted by Crippen LogP contribution is 2.26. The number of aromatic nitrogens is 2. The Morgan fingerprint density at radius 3 is 3.06 bits per heavy atom. The quantitative estimate of drug-likeness (QED) is 0.804. The smallest absolute Gasteiger partial charge is 0.234 e. The Morgan fingerprint density at radius 1 is 1.53 bits per heavy atom. The lowest BCUT2D eigenvalue weighted by Crippen LogP contribution is -2.40. The zero-order chi connectivity index (χ0) is 12.3. The van der Waals surface area contributed by atoms with E-state index < -0.39 is 0 Å². The Bertz CT molecular complexity index is 375. The molecule has 2 heterocycles. The van der Waals surface area contributed by atoms with Gasteiger partial charge in [-0.25, -0.2) is 0 Å². The summed E-state index contributed by atoms with van der Waals surface area (Å²) in [4.78, 5) is 11.5. The monoisotopic (exact) mass is 299 g/mol. The summed E-state index contributed by atoms with van der Waals surface area (Å²) in [6.07, 6.45) is 4.61. The van der Waals surface area contributed by atoms with Crippen LogP contribution in [0.1, 0.15) is 20.3 Å². The summed E-state index contributed by atoms with van der Waals surface area (Å²) in [6.45, 7) is 6.86. The number of hydrogen-bond acceptors (Lipinski definition) is 4. The van der Waals surface area contributed by atoms with Crippen molar-refractivity contribution in [3.63, 3.8) is 0 Å². The summed E-state index contributed by atoms with van der Waals surface area (Å²) < 4.78 is 5.38. The van der Waals surface area contributed by atoms with E-state index in [0.29, 0.717) is 23.2 Å². The predicted octanol–water partition coefficient (Wildman–Crippen LogP) is 2.49. The first-order valence-electron chi connectivity index (χ1n) is 6.04. The Balaban J connectivity index is 2.09. The number of halogens is 1. The Kier molecular flexibility index (Phi) is 4.20. The van der Waals surface area contributed by atoms with Crippen LogP contribution in [0, 0.1) is 5.92 Å². The topological polar surface area (TPSA) is 38.2 Å². The molecule has 1 aliphatic rings. The van der Waals surface area contributed by atoms with Gasteiger partial charge in [0, 0.05) is 17.9 Å². The molecule has 0 bridgehead atoms. The van der Waals surface area contributed by atoms with Crippen LogP contribution in [0.5, 0.6) is 5.88 Å². The van der Waals surface area contributed by atoms with E-state index in [-0.39, 0.29) is 0 Å². The molecule has 0 aliphatic carbocycles. The summed E-state index contributed by atoms with van der Waals surface area (Å²) in [5, 5.41) is 0. The van der Waals surface area contributed by atoms with Crippen molar-refractivity contribution in [2.24, 2.45) is 5.92 Å². The van der Waals surface area contributed by atoms with Crippen molar-refractivity contribution in [1.82, 2.24) is 9.97 Å². The lowest BCUT2D eigenvalue weighted by molar-refractivity contribution is 0.325. The van der Waals surface area contributed by atoms with Crippen LogP contribution in [-0.4, -0.2) is 34.5 Å². The highest BCUT2D eigenvalue weighted by Gasteiger charge is 2.24. The maximum absolute atomic E-state index is 5.38. The highest BCUT2D eigenvalue weighted by molar-refractivity contribution is 9.09. The van der Waals surface area contributed by atoms with Gasteiger partial charge >= 0.3 is 0 Å². The van der Waals surface area contributed by atoms with Gasteiger partial charge in [-0.1, -0.05) is 22.9 Å². The molecule has 1 saturated heterocycles. The third-order valence-corrected chi connectivity index (χ3v) is 4.38. The zero-order valence-corrected chi connectivity index (χ0v) is 11.9. The van der Waals surface area contributed by atoms with Crippen LogP contribution in [0.15, 0.2) is 12.4 Å². The van der Waals surface area contributed by atoms with Crippen molar-refractivity contribution < 1.29 is 4.74 Å². The molecule has 0 saturated carbocycles. The normalized spacial score (nSPS) is 24.8. The first-order valence-corrected chi connectivity index (χ1v) is 6.96. The van der Waals surface area contributed by atoms with Gasteiger partial charge in [0.1, 0.15) is 0 Å². The Hall–Kier alpha value is -0.840. The molecule has 0 N–H and O–H groups in total. The lowest BCUT2D eigenvalue weighted by Gasteiger charge is -2.34. The molecular formula is C12H18BrN3O. The second-order valence-corrected chi connectivity index (χ2v) is 5.55. The van der Waals surface area contributed by atoms with Gasteiger partial charge in [-0.05, 0) is 19.3 Å². The van der Waals surface area contributed by atoms with Crippen molar-refractivity contribution in [3.05, 3.63) is 12.4 Å². The van der Waals surface area contributed by atoms with E-state index in [1.54, 1.807) is 6.20 Å². The molecule has 2 unspecified atom stereocenters. The van der Waals surface area contributed by atoms with Crippen molar-refractivity contribution in [3.8, 4) is 5.88 Å². The minimum absolute atomic E-state index is 0.610. The standard InChI is InChI=1S/C12H18BrN3O/c1-3-17-12-7-14-6-11(15-12)16-5-4-10(13)9(2)8-16/h6-7,9-10H,3-5,8H2,1-2H3. The minimum Gasteiger partial charge on any atom is -0.477 e. The number of alkyl halides is 1. The number of ether oxygens (including phenoxy) is 1. The molecule has 1 aromatic heterocycles. The van der Waals surface area contributed by atoms with Crippen LogP contribution < -0.4 is 9.64 Å². The minimum atomic E-state index is 0.610. The van der Waals surface area contributed by atoms with Crippen LogP contribution in [-0.2, 0) is 0 Å². The Morgan fingerprint density at radius 2 is 2.35 bits per heavy atom. The van der Waals surface area contributed by atoms with Crippen LogP contribution in [0.25, 0.3) is 0 Å². The number of hydrogen-bond donors (Lipinski definition) is 0. The molecule has 1 aliphatic heterocycles. The SMILES string of the molecule is CCOc1cncc(N2CCC(Br)C(C)C2)n1. The molecule has 1 fully saturated rings. The molecule has 94 valence electrons. The van der Waals surface area contributed by atoms with Gasteiger partial charge in [0.25, 0.3) is 0 Å². The molecule has 17 heavy (non-hydrogen) atoms.